The van der Waals surface area contributed by atoms with Crippen molar-refractivity contribution < 1.29 is 0 Å². The molecule has 1 aromatic heterocycles. The molecule has 0 aliphatic heterocycles. The molecule has 0 N–H and O–H groups in total. The first-order valence-electron chi connectivity index (χ1n) is 6.61. The first-order valence-corrected chi connectivity index (χ1v) is 6.61. The third kappa shape index (κ3) is 5.29. The van der Waals surface area contributed by atoms with Gasteiger partial charge in [0.2, 0.25) is 0 Å². The highest BCUT2D eigenvalue weighted by atomic mass is 15.4. The molecule has 1 rings (SSSR count). The number of hydrogen-bond donors (Lipinski definition) is 0. The van der Waals surface area contributed by atoms with E-state index in [2.05, 4.69) is 37.3 Å². The summed E-state index contributed by atoms with van der Waals surface area (Å²) in [7, 11) is 0. The molecule has 0 saturated carbocycles. The van der Waals surface area contributed by atoms with Crippen molar-refractivity contribution in [2.75, 3.05) is 0 Å². The average Bonchev–Trinajstić information content (AvgIpc) is 2.64. The first kappa shape index (κ1) is 13.2. The average molecular weight is 223 g/mol. The Morgan fingerprint density at radius 1 is 1.19 bits per heavy atom. The topological polar surface area (TPSA) is 30.7 Å². The van der Waals surface area contributed by atoms with Crippen molar-refractivity contribution in [2.45, 2.75) is 65.8 Å². The number of unbranched alkanes of at least 4 members (excludes halogenated alkanes) is 4. The second-order valence-electron chi connectivity index (χ2n) is 4.99. The van der Waals surface area contributed by atoms with E-state index in [1.165, 1.54) is 32.1 Å². The van der Waals surface area contributed by atoms with Gasteiger partial charge in [0.15, 0.2) is 0 Å². The van der Waals surface area contributed by atoms with Crippen LogP contribution in [0, 0.1) is 5.92 Å². The fourth-order valence-electron chi connectivity index (χ4n) is 1.84. The van der Waals surface area contributed by atoms with Gasteiger partial charge < -0.3 is 0 Å². The summed E-state index contributed by atoms with van der Waals surface area (Å²) >= 11 is 0. The summed E-state index contributed by atoms with van der Waals surface area (Å²) in [6, 6.07) is 0. The molecule has 3 nitrogen and oxygen atoms in total. The van der Waals surface area contributed by atoms with Gasteiger partial charge in [-0.1, -0.05) is 51.7 Å². The molecule has 0 spiro atoms. The maximum Gasteiger partial charge on any atom is 0.0829 e. The van der Waals surface area contributed by atoms with Crippen LogP contribution in [0.4, 0.5) is 0 Å². The van der Waals surface area contributed by atoms with Crippen molar-refractivity contribution in [2.24, 2.45) is 5.92 Å². The minimum Gasteiger partial charge on any atom is -0.252 e. The van der Waals surface area contributed by atoms with Gasteiger partial charge in [-0.15, -0.1) is 5.10 Å². The van der Waals surface area contributed by atoms with Crippen LogP contribution in [0.15, 0.2) is 6.20 Å². The predicted molar refractivity (Wildman–Crippen MR) is 67.3 cm³/mol. The van der Waals surface area contributed by atoms with Crippen molar-refractivity contribution in [3.63, 3.8) is 0 Å². The van der Waals surface area contributed by atoms with Crippen molar-refractivity contribution in [3.05, 3.63) is 11.9 Å². The Kier molecular flexibility index (Phi) is 6.12. The molecule has 92 valence electrons. The van der Waals surface area contributed by atoms with E-state index in [4.69, 9.17) is 0 Å². The zero-order valence-corrected chi connectivity index (χ0v) is 10.9. The molecule has 3 heteroatoms. The van der Waals surface area contributed by atoms with Gasteiger partial charge in [0, 0.05) is 12.7 Å². The summed E-state index contributed by atoms with van der Waals surface area (Å²) in [6.07, 6.45) is 9.69. The van der Waals surface area contributed by atoms with Crippen molar-refractivity contribution in [1.29, 1.82) is 0 Å². The second-order valence-corrected chi connectivity index (χ2v) is 4.99. The van der Waals surface area contributed by atoms with Gasteiger partial charge >= 0.3 is 0 Å². The van der Waals surface area contributed by atoms with Crippen LogP contribution in [-0.2, 0) is 13.0 Å². The summed E-state index contributed by atoms with van der Waals surface area (Å²) in [5, 5.41) is 8.34. The van der Waals surface area contributed by atoms with Crippen LogP contribution in [0.2, 0.25) is 0 Å². The molecule has 0 aliphatic carbocycles. The molecule has 0 aliphatic rings. The lowest BCUT2D eigenvalue weighted by Crippen LogP contribution is -1.98. The lowest BCUT2D eigenvalue weighted by atomic mass is 10.1. The molecule has 0 unspecified atom stereocenters. The Morgan fingerprint density at radius 3 is 2.62 bits per heavy atom. The van der Waals surface area contributed by atoms with Gasteiger partial charge in [0.05, 0.1) is 5.69 Å². The molecule has 16 heavy (non-hydrogen) atoms. The normalized spacial score (nSPS) is 11.2. The van der Waals surface area contributed by atoms with E-state index >= 15 is 0 Å². The van der Waals surface area contributed by atoms with E-state index in [0.29, 0.717) is 5.92 Å². The molecule has 0 bridgehead atoms. The van der Waals surface area contributed by atoms with E-state index in [0.717, 1.165) is 18.7 Å². The van der Waals surface area contributed by atoms with E-state index in [1.54, 1.807) is 0 Å². The van der Waals surface area contributed by atoms with Gasteiger partial charge in [-0.25, -0.2) is 0 Å². The molecule has 0 atom stereocenters. The molecule has 0 amide bonds. The van der Waals surface area contributed by atoms with Crippen molar-refractivity contribution in [3.8, 4) is 0 Å². The van der Waals surface area contributed by atoms with Crippen LogP contribution in [-0.4, -0.2) is 15.0 Å². The van der Waals surface area contributed by atoms with Crippen LogP contribution in [0.25, 0.3) is 0 Å². The molecular formula is C13H25N3. The van der Waals surface area contributed by atoms with E-state index in [1.807, 2.05) is 4.68 Å². The van der Waals surface area contributed by atoms with Crippen LogP contribution >= 0.6 is 0 Å². The minimum absolute atomic E-state index is 0.662. The Labute approximate surface area is 99.2 Å². The summed E-state index contributed by atoms with van der Waals surface area (Å²) in [5.74, 6) is 0.662. The SMILES string of the molecule is CCCCCCCn1cc(CC(C)C)nn1. The lowest BCUT2D eigenvalue weighted by Gasteiger charge is -2.00. The Bertz CT molecular complexity index is 278. The van der Waals surface area contributed by atoms with Gasteiger partial charge in [-0.2, -0.15) is 0 Å². The quantitative estimate of drug-likeness (QED) is 0.632. The molecule has 1 aromatic rings. The summed E-state index contributed by atoms with van der Waals surface area (Å²) in [5.41, 5.74) is 1.13. The number of aryl methyl sites for hydroxylation is 1. The van der Waals surface area contributed by atoms with E-state index < -0.39 is 0 Å². The van der Waals surface area contributed by atoms with Crippen molar-refractivity contribution in [1.82, 2.24) is 15.0 Å². The number of aromatic nitrogens is 3. The third-order valence-corrected chi connectivity index (χ3v) is 2.69. The minimum atomic E-state index is 0.662. The third-order valence-electron chi connectivity index (χ3n) is 2.69. The Balaban J connectivity index is 2.19. The number of nitrogens with zero attached hydrogens (tertiary/aromatic N) is 3. The zero-order valence-electron chi connectivity index (χ0n) is 10.9. The molecular weight excluding hydrogens is 198 g/mol. The van der Waals surface area contributed by atoms with Gasteiger partial charge in [0.1, 0.15) is 0 Å². The van der Waals surface area contributed by atoms with E-state index in [9.17, 15) is 0 Å². The van der Waals surface area contributed by atoms with Crippen LogP contribution < -0.4 is 0 Å². The molecule has 0 aromatic carbocycles. The van der Waals surface area contributed by atoms with Gasteiger partial charge in [-0.3, -0.25) is 4.68 Å². The van der Waals surface area contributed by atoms with Crippen LogP contribution in [0.1, 0.15) is 58.6 Å². The monoisotopic (exact) mass is 223 g/mol. The summed E-state index contributed by atoms with van der Waals surface area (Å²) in [6.45, 7) is 7.69. The summed E-state index contributed by atoms with van der Waals surface area (Å²) < 4.78 is 1.99. The highest BCUT2D eigenvalue weighted by Gasteiger charge is 2.02. The second kappa shape index (κ2) is 7.42. The maximum atomic E-state index is 4.18. The Hall–Kier alpha value is -0.860. The van der Waals surface area contributed by atoms with E-state index in [-0.39, 0.29) is 0 Å². The Morgan fingerprint density at radius 2 is 1.94 bits per heavy atom. The highest BCUT2D eigenvalue weighted by molar-refractivity contribution is 4.92. The molecule has 0 fully saturated rings. The maximum absolute atomic E-state index is 4.18. The number of hydrogen-bond acceptors (Lipinski definition) is 2. The lowest BCUT2D eigenvalue weighted by molar-refractivity contribution is 0.521. The van der Waals surface area contributed by atoms with Gasteiger partial charge in [-0.05, 0) is 18.8 Å². The molecule has 0 radical (unpaired) electrons. The standard InChI is InChI=1S/C13H25N3/c1-4-5-6-7-8-9-16-11-13(14-15-16)10-12(2)3/h11-12H,4-10H2,1-3H3. The van der Waals surface area contributed by atoms with Crippen LogP contribution in [0.3, 0.4) is 0 Å². The largest absolute Gasteiger partial charge is 0.252 e. The first-order chi connectivity index (χ1) is 7.72. The van der Waals surface area contributed by atoms with Crippen molar-refractivity contribution >= 4 is 0 Å². The van der Waals surface area contributed by atoms with Crippen LogP contribution in [0.5, 0.6) is 0 Å². The van der Waals surface area contributed by atoms with Gasteiger partial charge in [0.25, 0.3) is 0 Å². The smallest absolute Gasteiger partial charge is 0.0829 e. The summed E-state index contributed by atoms with van der Waals surface area (Å²) in [4.78, 5) is 0. The highest BCUT2D eigenvalue weighted by Crippen LogP contribution is 2.06. The zero-order chi connectivity index (χ0) is 11.8. The predicted octanol–water partition coefficient (Wildman–Crippen LogP) is 3.45. The molecule has 0 saturated heterocycles. The fourth-order valence-corrected chi connectivity index (χ4v) is 1.84. The fraction of sp³-hybridized carbons (Fsp3) is 0.846. The number of rotatable bonds is 8. The molecule has 1 heterocycles.